The van der Waals surface area contributed by atoms with Gasteiger partial charge in [0.25, 0.3) is 0 Å². The summed E-state index contributed by atoms with van der Waals surface area (Å²) in [5.41, 5.74) is 4.06. The molecule has 1 fully saturated rings. The Morgan fingerprint density at radius 1 is 1.06 bits per heavy atom. The van der Waals surface area contributed by atoms with Crippen LogP contribution in [0.15, 0.2) is 53.0 Å². The van der Waals surface area contributed by atoms with Crippen molar-refractivity contribution in [3.05, 3.63) is 80.7 Å². The molecule has 6 nitrogen and oxygen atoms in total. The van der Waals surface area contributed by atoms with Gasteiger partial charge in [0.1, 0.15) is 11.6 Å². The Morgan fingerprint density at radius 2 is 1.85 bits per heavy atom. The molecule has 0 bridgehead atoms. The van der Waals surface area contributed by atoms with Gasteiger partial charge in [-0.15, -0.1) is 0 Å². The van der Waals surface area contributed by atoms with Crippen molar-refractivity contribution in [1.29, 1.82) is 0 Å². The van der Waals surface area contributed by atoms with Crippen molar-refractivity contribution in [3.8, 4) is 0 Å². The zero-order valence-electron chi connectivity index (χ0n) is 18.8. The third-order valence-corrected chi connectivity index (χ3v) is 6.50. The first-order chi connectivity index (χ1) is 15.9. The van der Waals surface area contributed by atoms with Crippen molar-refractivity contribution >= 4 is 45.1 Å². The molecule has 0 atom stereocenters. The average molecular weight is 529 g/mol. The molecule has 2 heterocycles. The molecule has 8 heteroatoms. The highest BCUT2D eigenvalue weighted by Crippen LogP contribution is 2.26. The molecule has 0 spiro atoms. The van der Waals surface area contributed by atoms with Crippen LogP contribution in [0.1, 0.15) is 29.1 Å². The van der Waals surface area contributed by atoms with Gasteiger partial charge in [-0.25, -0.2) is 14.8 Å². The fourth-order valence-electron chi connectivity index (χ4n) is 4.09. The van der Waals surface area contributed by atoms with E-state index in [2.05, 4.69) is 31.1 Å². The number of benzene rings is 2. The Labute approximate surface area is 208 Å². The second kappa shape index (κ2) is 10.5. The number of nitrogens with one attached hydrogen (secondary N) is 1. The minimum absolute atomic E-state index is 0.0774. The van der Waals surface area contributed by atoms with Crippen LogP contribution in [0.2, 0.25) is 5.02 Å². The van der Waals surface area contributed by atoms with Gasteiger partial charge in [-0.1, -0.05) is 45.7 Å². The van der Waals surface area contributed by atoms with Crippen molar-refractivity contribution < 1.29 is 4.79 Å². The number of aromatic nitrogens is 2. The number of hydrogen-bond acceptors (Lipinski definition) is 4. The average Bonchev–Trinajstić information content (AvgIpc) is 3.03. The molecule has 4 rings (SSSR count). The number of carbonyl (C=O) groups excluding carboxylic acids is 1. The first-order valence-electron chi connectivity index (χ1n) is 11.0. The van der Waals surface area contributed by atoms with Crippen molar-refractivity contribution in [1.82, 2.24) is 14.9 Å². The third kappa shape index (κ3) is 6.03. The molecule has 33 heavy (non-hydrogen) atoms. The van der Waals surface area contributed by atoms with Crippen molar-refractivity contribution in [2.75, 3.05) is 36.4 Å². The van der Waals surface area contributed by atoms with Crippen LogP contribution in [0.4, 0.5) is 16.3 Å². The summed E-state index contributed by atoms with van der Waals surface area (Å²) in [5.74, 6) is 1.72. The first-order valence-corrected chi connectivity index (χ1v) is 12.2. The number of carbonyl (C=O) groups is 1. The minimum Gasteiger partial charge on any atom is -0.354 e. The lowest BCUT2D eigenvalue weighted by molar-refractivity contribution is 0.215. The molecule has 0 unspecified atom stereocenters. The predicted octanol–water partition coefficient (Wildman–Crippen LogP) is 5.84. The second-order valence-corrected chi connectivity index (χ2v) is 9.58. The monoisotopic (exact) mass is 527 g/mol. The smallest absolute Gasteiger partial charge is 0.321 e. The third-order valence-electron chi connectivity index (χ3n) is 5.76. The van der Waals surface area contributed by atoms with E-state index in [0.717, 1.165) is 64.0 Å². The molecule has 0 saturated carbocycles. The summed E-state index contributed by atoms with van der Waals surface area (Å²) in [6.07, 6.45) is 1.61. The predicted molar refractivity (Wildman–Crippen MR) is 137 cm³/mol. The van der Waals surface area contributed by atoms with E-state index in [1.807, 2.05) is 67.3 Å². The van der Waals surface area contributed by atoms with E-state index in [-0.39, 0.29) is 6.03 Å². The summed E-state index contributed by atoms with van der Waals surface area (Å²) in [6.45, 7) is 6.85. The number of halogens is 2. The van der Waals surface area contributed by atoms with Gasteiger partial charge in [0, 0.05) is 59.0 Å². The molecule has 3 aromatic rings. The number of urea groups is 1. The number of amides is 2. The zero-order chi connectivity index (χ0) is 23.4. The minimum atomic E-state index is -0.0774. The summed E-state index contributed by atoms with van der Waals surface area (Å²) in [4.78, 5) is 26.5. The molecule has 1 saturated heterocycles. The topological polar surface area (TPSA) is 61.4 Å². The van der Waals surface area contributed by atoms with Gasteiger partial charge in [-0.2, -0.15) is 0 Å². The van der Waals surface area contributed by atoms with Crippen LogP contribution in [0, 0.1) is 13.8 Å². The molecule has 1 aromatic heterocycles. The number of nitrogens with zero attached hydrogens (tertiary/aromatic N) is 4. The zero-order valence-corrected chi connectivity index (χ0v) is 21.2. The van der Waals surface area contributed by atoms with Gasteiger partial charge < -0.3 is 15.1 Å². The lowest BCUT2D eigenvalue weighted by Gasteiger charge is -2.26. The van der Waals surface area contributed by atoms with Crippen LogP contribution in [0.3, 0.4) is 0 Å². The standard InChI is InChI=1S/C25H27BrClN5O/c1-17-23(15-19-7-9-21(27)10-8-19)24(29-18(2)28-17)31-11-4-12-32(14-13-31)25(33)30-22-6-3-5-20(26)16-22/h3,5-10,16H,4,11-15H2,1-2H3,(H,30,33). The summed E-state index contributed by atoms with van der Waals surface area (Å²) in [6, 6.07) is 15.5. The largest absolute Gasteiger partial charge is 0.354 e. The van der Waals surface area contributed by atoms with E-state index in [1.165, 1.54) is 5.56 Å². The Bertz CT molecular complexity index is 1140. The maximum atomic E-state index is 12.9. The van der Waals surface area contributed by atoms with E-state index in [0.29, 0.717) is 13.1 Å². The highest BCUT2D eigenvalue weighted by atomic mass is 79.9. The first kappa shape index (κ1) is 23.5. The van der Waals surface area contributed by atoms with Gasteiger partial charge in [0.15, 0.2) is 0 Å². The fourth-order valence-corrected chi connectivity index (χ4v) is 4.62. The van der Waals surface area contributed by atoms with E-state index < -0.39 is 0 Å². The van der Waals surface area contributed by atoms with E-state index in [9.17, 15) is 4.79 Å². The molecule has 1 aliphatic rings. The molecule has 172 valence electrons. The number of anilines is 2. The molecule has 0 radical (unpaired) electrons. The maximum absolute atomic E-state index is 12.9. The van der Waals surface area contributed by atoms with Crippen molar-refractivity contribution in [2.45, 2.75) is 26.7 Å². The Kier molecular flexibility index (Phi) is 7.50. The van der Waals surface area contributed by atoms with Gasteiger partial charge in [-0.05, 0) is 56.2 Å². The molecular formula is C25H27BrClN5O. The summed E-state index contributed by atoms with van der Waals surface area (Å²) >= 11 is 9.51. The van der Waals surface area contributed by atoms with Crippen LogP contribution in [-0.2, 0) is 6.42 Å². The molecule has 2 amide bonds. The highest BCUT2D eigenvalue weighted by Gasteiger charge is 2.23. The van der Waals surface area contributed by atoms with Crippen molar-refractivity contribution in [2.24, 2.45) is 0 Å². The molecule has 1 aliphatic heterocycles. The Hall–Kier alpha value is -2.64. The molecule has 0 aliphatic carbocycles. The van der Waals surface area contributed by atoms with Crippen LogP contribution >= 0.6 is 27.5 Å². The second-order valence-electron chi connectivity index (χ2n) is 8.23. The number of aryl methyl sites for hydroxylation is 2. The van der Waals surface area contributed by atoms with Crippen molar-refractivity contribution in [3.63, 3.8) is 0 Å². The van der Waals surface area contributed by atoms with E-state index >= 15 is 0 Å². The lowest BCUT2D eigenvalue weighted by Crippen LogP contribution is -2.38. The van der Waals surface area contributed by atoms with Gasteiger partial charge in [0.2, 0.25) is 0 Å². The fraction of sp³-hybridized carbons (Fsp3) is 0.320. The number of hydrogen-bond donors (Lipinski definition) is 1. The van der Waals surface area contributed by atoms with Crippen LogP contribution < -0.4 is 10.2 Å². The van der Waals surface area contributed by atoms with Gasteiger partial charge in [-0.3, -0.25) is 0 Å². The Balaban J connectivity index is 1.50. The highest BCUT2D eigenvalue weighted by molar-refractivity contribution is 9.10. The number of rotatable bonds is 4. The summed E-state index contributed by atoms with van der Waals surface area (Å²) in [7, 11) is 0. The quantitative estimate of drug-likeness (QED) is 0.462. The van der Waals surface area contributed by atoms with Gasteiger partial charge >= 0.3 is 6.03 Å². The summed E-state index contributed by atoms with van der Waals surface area (Å²) < 4.78 is 0.935. The van der Waals surface area contributed by atoms with Crippen LogP contribution in [0.25, 0.3) is 0 Å². The van der Waals surface area contributed by atoms with Crippen LogP contribution in [0.5, 0.6) is 0 Å². The van der Waals surface area contributed by atoms with Crippen LogP contribution in [-0.4, -0.2) is 47.1 Å². The Morgan fingerprint density at radius 3 is 2.61 bits per heavy atom. The summed E-state index contributed by atoms with van der Waals surface area (Å²) in [5, 5.41) is 3.73. The van der Waals surface area contributed by atoms with Gasteiger partial charge in [0.05, 0.1) is 0 Å². The molecule has 2 aromatic carbocycles. The SMILES string of the molecule is Cc1nc(C)c(Cc2ccc(Cl)cc2)c(N2CCCN(C(=O)Nc3cccc(Br)c3)CC2)n1. The molecule has 1 N–H and O–H groups in total. The normalized spacial score (nSPS) is 14.2. The maximum Gasteiger partial charge on any atom is 0.321 e. The van der Waals surface area contributed by atoms with E-state index in [1.54, 1.807) is 0 Å². The lowest BCUT2D eigenvalue weighted by atomic mass is 10.0. The van der Waals surface area contributed by atoms with E-state index in [4.69, 9.17) is 16.6 Å². The molecular weight excluding hydrogens is 502 g/mol.